The molecule has 25 heavy (non-hydrogen) atoms. The van der Waals surface area contributed by atoms with Crippen molar-refractivity contribution in [2.45, 2.75) is 20.3 Å². The van der Waals surface area contributed by atoms with Gasteiger partial charge in [-0.2, -0.15) is 0 Å². The van der Waals surface area contributed by atoms with Crippen molar-refractivity contribution in [2.75, 3.05) is 5.32 Å². The Morgan fingerprint density at radius 1 is 1.32 bits per heavy atom. The van der Waals surface area contributed by atoms with Gasteiger partial charge in [0.05, 0.1) is 12.1 Å². The van der Waals surface area contributed by atoms with Crippen LogP contribution in [-0.4, -0.2) is 27.3 Å². The molecule has 0 saturated carbocycles. The van der Waals surface area contributed by atoms with E-state index in [4.69, 9.17) is 0 Å². The minimum absolute atomic E-state index is 0.00877. The summed E-state index contributed by atoms with van der Waals surface area (Å²) in [7, 11) is 1.73. The predicted octanol–water partition coefficient (Wildman–Crippen LogP) is 1.84. The van der Waals surface area contributed by atoms with Crippen molar-refractivity contribution < 1.29 is 14.4 Å². The van der Waals surface area contributed by atoms with Crippen molar-refractivity contribution in [1.29, 1.82) is 0 Å². The molecule has 0 spiro atoms. The molecule has 0 aromatic carbocycles. The Labute approximate surface area is 157 Å². The summed E-state index contributed by atoms with van der Waals surface area (Å²) in [4.78, 5) is 39.7. The summed E-state index contributed by atoms with van der Waals surface area (Å²) in [6.07, 6.45) is 1.73. The number of hydrogen-bond acceptors (Lipinski definition) is 5. The van der Waals surface area contributed by atoms with Gasteiger partial charge in [0, 0.05) is 29.0 Å². The van der Waals surface area contributed by atoms with Crippen molar-refractivity contribution in [2.24, 2.45) is 13.0 Å². The molecule has 0 unspecified atom stereocenters. The van der Waals surface area contributed by atoms with Gasteiger partial charge < -0.3 is 9.88 Å². The number of rotatable bonds is 5. The molecule has 0 saturated heterocycles. The fourth-order valence-electron chi connectivity index (χ4n) is 1.84. The fraction of sp³-hybridized carbons (Fsp3) is 0.333. The lowest BCUT2D eigenvalue weighted by molar-refractivity contribution is -0.121. The summed E-state index contributed by atoms with van der Waals surface area (Å²) in [5, 5.41) is 4.80. The van der Waals surface area contributed by atoms with Crippen molar-refractivity contribution in [1.82, 2.24) is 20.4 Å². The Morgan fingerprint density at radius 3 is 2.64 bits per heavy atom. The van der Waals surface area contributed by atoms with E-state index in [2.05, 4.69) is 37.1 Å². The molecule has 2 aromatic heterocycles. The van der Waals surface area contributed by atoms with Gasteiger partial charge in [-0.1, -0.05) is 13.8 Å². The van der Waals surface area contributed by atoms with Gasteiger partial charge in [-0.25, -0.2) is 4.98 Å². The minimum Gasteiger partial charge on any atom is -0.345 e. The molecular formula is C15H18BrN5O3S. The van der Waals surface area contributed by atoms with Gasteiger partial charge in [0.1, 0.15) is 5.69 Å². The highest BCUT2D eigenvalue weighted by Gasteiger charge is 2.14. The molecule has 2 aromatic rings. The summed E-state index contributed by atoms with van der Waals surface area (Å²) in [6.45, 7) is 3.57. The first kappa shape index (κ1) is 19.1. The SMILES string of the molecule is CC(C)C(=O)Nc1nc(CC(=O)NNC(=O)c2cc(Br)cn2C)cs1. The molecule has 0 bridgehead atoms. The Bertz CT molecular complexity index is 799. The zero-order valence-electron chi connectivity index (χ0n) is 13.9. The van der Waals surface area contributed by atoms with Crippen molar-refractivity contribution in [3.05, 3.63) is 33.5 Å². The number of thiazole rings is 1. The average Bonchev–Trinajstić information content (AvgIpc) is 3.10. The Hall–Kier alpha value is -2.20. The highest BCUT2D eigenvalue weighted by Crippen LogP contribution is 2.16. The fourth-order valence-corrected chi connectivity index (χ4v) is 3.08. The van der Waals surface area contributed by atoms with Gasteiger partial charge in [-0.3, -0.25) is 25.2 Å². The number of nitrogens with one attached hydrogen (secondary N) is 3. The van der Waals surface area contributed by atoms with Crippen LogP contribution in [-0.2, 0) is 23.1 Å². The molecule has 3 amide bonds. The average molecular weight is 428 g/mol. The molecule has 2 heterocycles. The number of hydrazine groups is 1. The Balaban J connectivity index is 1.84. The van der Waals surface area contributed by atoms with Crippen LogP contribution >= 0.6 is 27.3 Å². The van der Waals surface area contributed by atoms with Gasteiger partial charge in [-0.05, 0) is 22.0 Å². The summed E-state index contributed by atoms with van der Waals surface area (Å²) < 4.78 is 2.40. The lowest BCUT2D eigenvalue weighted by Crippen LogP contribution is -2.43. The van der Waals surface area contributed by atoms with Crippen LogP contribution in [0, 0.1) is 5.92 Å². The largest absolute Gasteiger partial charge is 0.345 e. The quantitative estimate of drug-likeness (QED) is 0.632. The molecule has 10 heteroatoms. The number of hydrogen-bond donors (Lipinski definition) is 3. The van der Waals surface area contributed by atoms with Crippen LogP contribution in [0.2, 0.25) is 0 Å². The lowest BCUT2D eigenvalue weighted by Gasteiger charge is -2.07. The second kappa shape index (κ2) is 8.26. The van der Waals surface area contributed by atoms with E-state index in [1.807, 2.05) is 0 Å². The second-order valence-corrected chi connectivity index (χ2v) is 7.40. The van der Waals surface area contributed by atoms with E-state index < -0.39 is 11.8 Å². The summed E-state index contributed by atoms with van der Waals surface area (Å²) >= 11 is 4.52. The number of carbonyl (C=O) groups excluding carboxylic acids is 3. The highest BCUT2D eigenvalue weighted by atomic mass is 79.9. The molecule has 0 fully saturated rings. The van der Waals surface area contributed by atoms with Crippen LogP contribution in [0.15, 0.2) is 22.1 Å². The molecule has 0 radical (unpaired) electrons. The van der Waals surface area contributed by atoms with Crippen molar-refractivity contribution >= 4 is 50.1 Å². The Morgan fingerprint density at radius 2 is 2.04 bits per heavy atom. The molecule has 8 nitrogen and oxygen atoms in total. The molecule has 3 N–H and O–H groups in total. The van der Waals surface area contributed by atoms with E-state index in [0.29, 0.717) is 16.5 Å². The number of carbonyl (C=O) groups is 3. The highest BCUT2D eigenvalue weighted by molar-refractivity contribution is 9.10. The van der Waals surface area contributed by atoms with Crippen molar-refractivity contribution in [3.8, 4) is 0 Å². The zero-order valence-corrected chi connectivity index (χ0v) is 16.3. The van der Waals surface area contributed by atoms with Crippen LogP contribution < -0.4 is 16.2 Å². The lowest BCUT2D eigenvalue weighted by atomic mass is 10.2. The van der Waals surface area contributed by atoms with E-state index in [-0.39, 0.29) is 18.2 Å². The van der Waals surface area contributed by atoms with E-state index in [1.54, 1.807) is 43.1 Å². The van der Waals surface area contributed by atoms with Crippen LogP contribution in [0.4, 0.5) is 5.13 Å². The van der Waals surface area contributed by atoms with Gasteiger partial charge in [0.15, 0.2) is 5.13 Å². The summed E-state index contributed by atoms with van der Waals surface area (Å²) in [5.74, 6) is -1.12. The summed E-state index contributed by atoms with van der Waals surface area (Å²) in [6, 6.07) is 1.64. The third-order valence-electron chi connectivity index (χ3n) is 3.17. The van der Waals surface area contributed by atoms with Gasteiger partial charge in [0.2, 0.25) is 11.8 Å². The molecule has 134 valence electrons. The third-order valence-corrected chi connectivity index (χ3v) is 4.41. The number of aromatic nitrogens is 2. The first-order chi connectivity index (χ1) is 11.8. The molecule has 2 rings (SSSR count). The maximum atomic E-state index is 12.0. The first-order valence-corrected chi connectivity index (χ1v) is 9.10. The number of halogens is 1. The predicted molar refractivity (Wildman–Crippen MR) is 98.0 cm³/mol. The van der Waals surface area contributed by atoms with Crippen LogP contribution in [0.5, 0.6) is 0 Å². The third kappa shape index (κ3) is 5.40. The van der Waals surface area contributed by atoms with E-state index >= 15 is 0 Å². The number of anilines is 1. The van der Waals surface area contributed by atoms with Crippen LogP contribution in [0.3, 0.4) is 0 Å². The molecular weight excluding hydrogens is 410 g/mol. The van der Waals surface area contributed by atoms with Crippen LogP contribution in [0.1, 0.15) is 30.0 Å². The number of amides is 3. The smallest absolute Gasteiger partial charge is 0.286 e. The van der Waals surface area contributed by atoms with Gasteiger partial charge >= 0.3 is 0 Å². The zero-order chi connectivity index (χ0) is 18.6. The Kier molecular flexibility index (Phi) is 6.32. The summed E-state index contributed by atoms with van der Waals surface area (Å²) in [5.41, 5.74) is 5.61. The van der Waals surface area contributed by atoms with Gasteiger partial charge in [0.25, 0.3) is 5.91 Å². The maximum absolute atomic E-state index is 12.0. The standard InChI is InChI=1S/C15H18BrN5O3S/c1-8(2)13(23)18-15-17-10(7-25-15)5-12(22)19-20-14(24)11-4-9(16)6-21(11)3/h4,6-8H,5H2,1-3H3,(H,19,22)(H,20,24)(H,17,18,23). The molecule has 0 aliphatic carbocycles. The topological polar surface area (TPSA) is 105 Å². The van der Waals surface area contributed by atoms with Crippen LogP contribution in [0.25, 0.3) is 0 Å². The monoisotopic (exact) mass is 427 g/mol. The number of aryl methyl sites for hydroxylation is 1. The van der Waals surface area contributed by atoms with E-state index in [0.717, 1.165) is 4.47 Å². The molecule has 0 atom stereocenters. The van der Waals surface area contributed by atoms with Crippen molar-refractivity contribution in [3.63, 3.8) is 0 Å². The van der Waals surface area contributed by atoms with E-state index in [1.165, 1.54) is 11.3 Å². The number of nitrogens with zero attached hydrogens (tertiary/aromatic N) is 2. The first-order valence-electron chi connectivity index (χ1n) is 7.42. The normalized spacial score (nSPS) is 10.6. The second-order valence-electron chi connectivity index (χ2n) is 5.62. The molecule has 0 aliphatic heterocycles. The van der Waals surface area contributed by atoms with E-state index in [9.17, 15) is 14.4 Å². The minimum atomic E-state index is -0.426. The maximum Gasteiger partial charge on any atom is 0.286 e. The van der Waals surface area contributed by atoms with Gasteiger partial charge in [-0.15, -0.1) is 11.3 Å². The molecule has 0 aliphatic rings.